The topological polar surface area (TPSA) is 18.5 Å². The van der Waals surface area contributed by atoms with Crippen molar-refractivity contribution in [1.82, 2.24) is 0 Å². The first kappa shape index (κ1) is 12.4. The molecule has 15 heavy (non-hydrogen) atoms. The lowest BCUT2D eigenvalue weighted by Gasteiger charge is -2.30. The van der Waals surface area contributed by atoms with Gasteiger partial charge in [0.25, 0.3) is 0 Å². The quantitative estimate of drug-likeness (QED) is 0.561. The molecule has 1 rings (SSSR count). The molecule has 1 aromatic carbocycles. The number of ether oxygens (including phenoxy) is 2. The summed E-state index contributed by atoms with van der Waals surface area (Å²) >= 11 is 0. The van der Waals surface area contributed by atoms with Crippen LogP contribution in [0.3, 0.4) is 0 Å². The lowest BCUT2D eigenvalue weighted by atomic mass is 10.1. The van der Waals surface area contributed by atoms with Crippen molar-refractivity contribution in [1.29, 1.82) is 0 Å². The van der Waals surface area contributed by atoms with Crippen LogP contribution in [0.2, 0.25) is 0 Å². The summed E-state index contributed by atoms with van der Waals surface area (Å²) in [4.78, 5) is 0. The van der Waals surface area contributed by atoms with Crippen molar-refractivity contribution in [2.45, 2.75) is 26.2 Å². The van der Waals surface area contributed by atoms with Crippen molar-refractivity contribution in [3.8, 4) is 0 Å². The SMILES string of the molecule is CCOC([Si])(OCC)c1cccc(C)c1. The van der Waals surface area contributed by atoms with Gasteiger partial charge in [-0.15, -0.1) is 0 Å². The van der Waals surface area contributed by atoms with Gasteiger partial charge in [-0.2, -0.15) is 0 Å². The Kier molecular flexibility index (Phi) is 4.51. The molecular weight excluding hydrogens is 204 g/mol. The van der Waals surface area contributed by atoms with Crippen molar-refractivity contribution in [3.05, 3.63) is 35.4 Å². The van der Waals surface area contributed by atoms with Crippen molar-refractivity contribution in [3.63, 3.8) is 0 Å². The van der Waals surface area contributed by atoms with Gasteiger partial charge in [0, 0.05) is 18.8 Å². The van der Waals surface area contributed by atoms with E-state index in [-0.39, 0.29) is 0 Å². The second-order valence-electron chi connectivity index (χ2n) is 3.35. The number of hydrogen-bond acceptors (Lipinski definition) is 2. The highest BCUT2D eigenvalue weighted by Gasteiger charge is 2.27. The zero-order chi connectivity index (χ0) is 11.3. The molecule has 81 valence electrons. The standard InChI is InChI=1S/C12H17O2Si/c1-4-13-12(15,14-5-2)11-8-6-7-10(3)9-11/h6-9H,4-5H2,1-3H3. The molecule has 0 bridgehead atoms. The molecule has 0 atom stereocenters. The second kappa shape index (κ2) is 5.44. The number of hydrogen-bond donors (Lipinski definition) is 0. The van der Waals surface area contributed by atoms with Gasteiger partial charge in [-0.05, 0) is 20.8 Å². The Hall–Kier alpha value is -0.643. The summed E-state index contributed by atoms with van der Waals surface area (Å²) in [7, 11) is 3.56. The zero-order valence-corrected chi connectivity index (χ0v) is 10.5. The van der Waals surface area contributed by atoms with Gasteiger partial charge >= 0.3 is 0 Å². The van der Waals surface area contributed by atoms with Gasteiger partial charge in [0.2, 0.25) is 0 Å². The molecule has 2 nitrogen and oxygen atoms in total. The Labute approximate surface area is 95.0 Å². The van der Waals surface area contributed by atoms with Crippen LogP contribution in [0, 0.1) is 6.92 Å². The van der Waals surface area contributed by atoms with Crippen molar-refractivity contribution >= 4 is 10.2 Å². The largest absolute Gasteiger partial charge is 0.351 e. The fourth-order valence-electron chi connectivity index (χ4n) is 1.46. The first-order valence-electron chi connectivity index (χ1n) is 5.22. The van der Waals surface area contributed by atoms with E-state index in [9.17, 15) is 0 Å². The van der Waals surface area contributed by atoms with Crippen LogP contribution >= 0.6 is 0 Å². The molecule has 1 aromatic rings. The number of aryl methyl sites for hydroxylation is 1. The van der Waals surface area contributed by atoms with E-state index in [1.165, 1.54) is 5.56 Å². The van der Waals surface area contributed by atoms with Crippen LogP contribution < -0.4 is 0 Å². The van der Waals surface area contributed by atoms with Gasteiger partial charge in [-0.25, -0.2) is 0 Å². The summed E-state index contributed by atoms with van der Waals surface area (Å²) in [6.45, 7) is 7.14. The minimum atomic E-state index is -0.810. The molecule has 0 saturated carbocycles. The molecule has 0 saturated heterocycles. The number of rotatable bonds is 5. The second-order valence-corrected chi connectivity index (χ2v) is 4.01. The maximum atomic E-state index is 5.60. The first-order valence-corrected chi connectivity index (χ1v) is 5.72. The van der Waals surface area contributed by atoms with E-state index in [1.807, 2.05) is 39.0 Å². The molecule has 0 aromatic heterocycles. The fraction of sp³-hybridized carbons (Fsp3) is 0.500. The smallest absolute Gasteiger partial charge is 0.169 e. The average Bonchev–Trinajstić information content (AvgIpc) is 2.18. The highest BCUT2D eigenvalue weighted by atomic mass is 28.1. The minimum absolute atomic E-state index is 0.595. The van der Waals surface area contributed by atoms with E-state index >= 15 is 0 Å². The highest BCUT2D eigenvalue weighted by molar-refractivity contribution is 6.13. The third-order valence-electron chi connectivity index (χ3n) is 2.09. The van der Waals surface area contributed by atoms with Crippen LogP contribution in [0.15, 0.2) is 24.3 Å². The van der Waals surface area contributed by atoms with Crippen LogP contribution in [0.4, 0.5) is 0 Å². The van der Waals surface area contributed by atoms with Crippen molar-refractivity contribution in [2.75, 3.05) is 13.2 Å². The predicted molar refractivity (Wildman–Crippen MR) is 61.9 cm³/mol. The van der Waals surface area contributed by atoms with E-state index in [4.69, 9.17) is 9.47 Å². The predicted octanol–water partition coefficient (Wildman–Crippen LogP) is 2.35. The summed E-state index contributed by atoms with van der Waals surface area (Å²) in [6, 6.07) is 8.09. The van der Waals surface area contributed by atoms with Crippen LogP contribution in [0.1, 0.15) is 25.0 Å². The van der Waals surface area contributed by atoms with Gasteiger partial charge in [0.05, 0.1) is 0 Å². The Morgan fingerprint density at radius 3 is 2.27 bits per heavy atom. The van der Waals surface area contributed by atoms with Gasteiger partial charge in [-0.1, -0.05) is 29.8 Å². The third kappa shape index (κ3) is 3.16. The fourth-order valence-corrected chi connectivity index (χ4v) is 1.91. The van der Waals surface area contributed by atoms with Gasteiger partial charge < -0.3 is 9.47 Å². The van der Waals surface area contributed by atoms with E-state index in [2.05, 4.69) is 16.3 Å². The number of benzene rings is 1. The zero-order valence-electron chi connectivity index (χ0n) is 9.54. The summed E-state index contributed by atoms with van der Waals surface area (Å²) in [5.74, 6) is 0. The van der Waals surface area contributed by atoms with E-state index < -0.39 is 5.41 Å². The summed E-state index contributed by atoms with van der Waals surface area (Å²) in [6.07, 6.45) is 0. The van der Waals surface area contributed by atoms with Gasteiger partial charge in [0.15, 0.2) is 5.41 Å². The molecule has 0 aliphatic carbocycles. The van der Waals surface area contributed by atoms with Crippen LogP contribution in [-0.4, -0.2) is 23.5 Å². The normalized spacial score (nSPS) is 11.7. The summed E-state index contributed by atoms with van der Waals surface area (Å²) in [5, 5.41) is 0. The molecule has 3 heteroatoms. The van der Waals surface area contributed by atoms with Crippen LogP contribution in [0.25, 0.3) is 0 Å². The molecule has 0 aliphatic heterocycles. The van der Waals surface area contributed by atoms with Crippen LogP contribution in [-0.2, 0) is 14.9 Å². The molecule has 3 radical (unpaired) electrons. The first-order chi connectivity index (χ1) is 7.12. The molecule has 0 unspecified atom stereocenters. The van der Waals surface area contributed by atoms with Crippen molar-refractivity contribution in [2.24, 2.45) is 0 Å². The van der Waals surface area contributed by atoms with Gasteiger partial charge in [-0.3, -0.25) is 0 Å². The molecule has 0 fully saturated rings. The molecule has 0 N–H and O–H groups in total. The Bertz CT molecular complexity index is 306. The van der Waals surface area contributed by atoms with E-state index in [0.717, 1.165) is 5.56 Å². The Balaban J connectivity index is 2.97. The average molecular weight is 221 g/mol. The van der Waals surface area contributed by atoms with Crippen molar-refractivity contribution < 1.29 is 9.47 Å². The molecule has 0 spiro atoms. The van der Waals surface area contributed by atoms with Crippen LogP contribution in [0.5, 0.6) is 0 Å². The Morgan fingerprint density at radius 2 is 1.80 bits per heavy atom. The maximum absolute atomic E-state index is 5.60. The lowest BCUT2D eigenvalue weighted by Crippen LogP contribution is -2.33. The third-order valence-corrected chi connectivity index (χ3v) is 2.67. The monoisotopic (exact) mass is 221 g/mol. The molecular formula is C12H17O2Si. The summed E-state index contributed by atoms with van der Waals surface area (Å²) < 4.78 is 11.2. The molecule has 0 amide bonds. The minimum Gasteiger partial charge on any atom is -0.351 e. The van der Waals surface area contributed by atoms with E-state index in [1.54, 1.807) is 0 Å². The molecule has 0 heterocycles. The summed E-state index contributed by atoms with van der Waals surface area (Å²) in [5.41, 5.74) is 1.37. The van der Waals surface area contributed by atoms with Gasteiger partial charge in [0.1, 0.15) is 10.2 Å². The maximum Gasteiger partial charge on any atom is 0.169 e. The van der Waals surface area contributed by atoms with E-state index in [0.29, 0.717) is 13.2 Å². The lowest BCUT2D eigenvalue weighted by molar-refractivity contribution is -0.180. The Morgan fingerprint density at radius 1 is 1.20 bits per heavy atom. The molecule has 0 aliphatic rings. The highest BCUT2D eigenvalue weighted by Crippen LogP contribution is 2.24.